The summed E-state index contributed by atoms with van der Waals surface area (Å²) in [5.74, 6) is -0.0888. The van der Waals surface area contributed by atoms with Gasteiger partial charge in [-0.2, -0.15) is 0 Å². The summed E-state index contributed by atoms with van der Waals surface area (Å²) < 4.78 is 37.9. The molecule has 0 saturated heterocycles. The van der Waals surface area contributed by atoms with Crippen LogP contribution in [0.25, 0.3) is 0 Å². The van der Waals surface area contributed by atoms with Crippen molar-refractivity contribution in [2.24, 2.45) is 0 Å². The zero-order valence-electron chi connectivity index (χ0n) is 21.4. The van der Waals surface area contributed by atoms with Gasteiger partial charge in [-0.05, 0) is 50.1 Å². The largest absolute Gasteiger partial charge is 0.493 e. The lowest BCUT2D eigenvalue weighted by Crippen LogP contribution is -2.52. The monoisotopic (exact) mass is 583 g/mol. The maximum Gasteiger partial charge on any atom is 0.244 e. The zero-order chi connectivity index (χ0) is 27.0. The molecule has 0 aromatic heterocycles. The minimum atomic E-state index is -3.86. The SMILES string of the molecule is CC[C@@H](C)NC(=O)[C@H](C)N(Cc1ccc(Br)cc1)C(=O)CN(c1ccc(OC)c(OC)c1)S(C)(=O)=O. The molecule has 0 aliphatic heterocycles. The molecule has 2 aromatic carbocycles. The molecule has 0 aliphatic rings. The number of benzene rings is 2. The Morgan fingerprint density at radius 2 is 1.64 bits per heavy atom. The normalized spacial score (nSPS) is 12.9. The molecule has 0 heterocycles. The fraction of sp³-hybridized carbons (Fsp3) is 0.440. The Hall–Kier alpha value is -2.79. The van der Waals surface area contributed by atoms with Crippen molar-refractivity contribution in [3.63, 3.8) is 0 Å². The van der Waals surface area contributed by atoms with Crippen LogP contribution < -0.4 is 19.1 Å². The van der Waals surface area contributed by atoms with E-state index in [0.717, 1.165) is 27.0 Å². The van der Waals surface area contributed by atoms with E-state index in [4.69, 9.17) is 9.47 Å². The summed E-state index contributed by atoms with van der Waals surface area (Å²) in [4.78, 5) is 27.9. The Morgan fingerprint density at radius 1 is 1.03 bits per heavy atom. The van der Waals surface area contributed by atoms with Crippen LogP contribution >= 0.6 is 15.9 Å². The number of carbonyl (C=O) groups excluding carboxylic acids is 2. The van der Waals surface area contributed by atoms with Gasteiger partial charge in [0.2, 0.25) is 21.8 Å². The van der Waals surface area contributed by atoms with Gasteiger partial charge in [0, 0.05) is 23.1 Å². The van der Waals surface area contributed by atoms with Crippen molar-refractivity contribution in [3.05, 3.63) is 52.5 Å². The predicted molar refractivity (Wildman–Crippen MR) is 144 cm³/mol. The number of rotatable bonds is 12. The molecule has 2 amide bonds. The summed E-state index contributed by atoms with van der Waals surface area (Å²) in [7, 11) is -0.943. The zero-order valence-corrected chi connectivity index (χ0v) is 23.9. The molecular weight excluding hydrogens is 550 g/mol. The highest BCUT2D eigenvalue weighted by molar-refractivity contribution is 9.10. The van der Waals surface area contributed by atoms with E-state index in [0.29, 0.717) is 11.5 Å². The molecule has 1 N–H and O–H groups in total. The number of carbonyl (C=O) groups is 2. The fourth-order valence-corrected chi connectivity index (χ4v) is 4.53. The highest BCUT2D eigenvalue weighted by Gasteiger charge is 2.30. The molecule has 198 valence electrons. The molecule has 0 aliphatic carbocycles. The number of hydrogen-bond donors (Lipinski definition) is 1. The predicted octanol–water partition coefficient (Wildman–Crippen LogP) is 3.56. The maximum atomic E-state index is 13.6. The molecular formula is C25H34BrN3O6S. The van der Waals surface area contributed by atoms with E-state index in [1.54, 1.807) is 13.0 Å². The molecule has 11 heteroatoms. The van der Waals surface area contributed by atoms with Gasteiger partial charge >= 0.3 is 0 Å². The van der Waals surface area contributed by atoms with E-state index in [1.165, 1.54) is 31.3 Å². The molecule has 0 spiro atoms. The third kappa shape index (κ3) is 7.86. The van der Waals surface area contributed by atoms with Gasteiger partial charge in [0.1, 0.15) is 12.6 Å². The summed E-state index contributed by atoms with van der Waals surface area (Å²) in [5, 5.41) is 2.90. The molecule has 0 unspecified atom stereocenters. The molecule has 2 rings (SSSR count). The number of hydrogen-bond acceptors (Lipinski definition) is 6. The van der Waals surface area contributed by atoms with E-state index < -0.39 is 28.5 Å². The highest BCUT2D eigenvalue weighted by Crippen LogP contribution is 2.32. The Bertz CT molecular complexity index is 1160. The Morgan fingerprint density at radius 3 is 2.17 bits per heavy atom. The minimum absolute atomic E-state index is 0.0659. The quantitative estimate of drug-likeness (QED) is 0.409. The number of nitrogens with zero attached hydrogens (tertiary/aromatic N) is 2. The van der Waals surface area contributed by atoms with E-state index in [-0.39, 0.29) is 24.2 Å². The second kappa shape index (κ2) is 13.0. The van der Waals surface area contributed by atoms with E-state index in [9.17, 15) is 18.0 Å². The smallest absolute Gasteiger partial charge is 0.244 e. The first kappa shape index (κ1) is 29.4. The van der Waals surface area contributed by atoms with Gasteiger partial charge in [-0.3, -0.25) is 13.9 Å². The van der Waals surface area contributed by atoms with Gasteiger partial charge in [0.05, 0.1) is 26.2 Å². The van der Waals surface area contributed by atoms with Gasteiger partial charge < -0.3 is 19.7 Å². The summed E-state index contributed by atoms with van der Waals surface area (Å²) >= 11 is 3.39. The number of nitrogens with one attached hydrogen (secondary N) is 1. The molecule has 2 atom stereocenters. The van der Waals surface area contributed by atoms with Gasteiger partial charge in [-0.1, -0.05) is 35.0 Å². The highest BCUT2D eigenvalue weighted by atomic mass is 79.9. The van der Waals surface area contributed by atoms with Crippen molar-refractivity contribution >= 4 is 43.5 Å². The van der Waals surface area contributed by atoms with Crippen molar-refractivity contribution in [1.82, 2.24) is 10.2 Å². The van der Waals surface area contributed by atoms with E-state index in [2.05, 4.69) is 21.2 Å². The first-order valence-electron chi connectivity index (χ1n) is 11.4. The summed E-state index contributed by atoms with van der Waals surface area (Å²) in [6.07, 6.45) is 1.76. The van der Waals surface area contributed by atoms with Crippen molar-refractivity contribution < 1.29 is 27.5 Å². The molecule has 0 fully saturated rings. The lowest BCUT2D eigenvalue weighted by molar-refractivity contribution is -0.139. The van der Waals surface area contributed by atoms with Gasteiger partial charge in [0.15, 0.2) is 11.5 Å². The lowest BCUT2D eigenvalue weighted by Gasteiger charge is -2.32. The summed E-state index contributed by atoms with van der Waals surface area (Å²) in [6, 6.07) is 11.1. The van der Waals surface area contributed by atoms with Crippen LogP contribution in [0.2, 0.25) is 0 Å². The van der Waals surface area contributed by atoms with Crippen LogP contribution in [-0.4, -0.2) is 64.2 Å². The van der Waals surface area contributed by atoms with Crippen LogP contribution in [0.3, 0.4) is 0 Å². The number of sulfonamides is 1. The molecule has 0 radical (unpaired) electrons. The number of methoxy groups -OCH3 is 2. The van der Waals surface area contributed by atoms with Gasteiger partial charge in [-0.15, -0.1) is 0 Å². The molecule has 36 heavy (non-hydrogen) atoms. The third-order valence-electron chi connectivity index (χ3n) is 5.77. The minimum Gasteiger partial charge on any atom is -0.493 e. The van der Waals surface area contributed by atoms with E-state index in [1.807, 2.05) is 38.1 Å². The van der Waals surface area contributed by atoms with Crippen LogP contribution in [0.5, 0.6) is 11.5 Å². The Labute approximate surface area is 221 Å². The topological polar surface area (TPSA) is 105 Å². The Kier molecular flexibility index (Phi) is 10.6. The number of ether oxygens (including phenoxy) is 2. The first-order valence-corrected chi connectivity index (χ1v) is 14.1. The average molecular weight is 585 g/mol. The second-order valence-electron chi connectivity index (χ2n) is 8.45. The molecule has 2 aromatic rings. The Balaban J connectivity index is 2.43. The van der Waals surface area contributed by atoms with Crippen LogP contribution in [0.1, 0.15) is 32.8 Å². The summed E-state index contributed by atoms with van der Waals surface area (Å²) in [6.45, 7) is 5.10. The fourth-order valence-electron chi connectivity index (χ4n) is 3.43. The number of amides is 2. The average Bonchev–Trinajstić information content (AvgIpc) is 2.85. The summed E-state index contributed by atoms with van der Waals surface area (Å²) in [5.41, 5.74) is 1.04. The molecule has 0 saturated carbocycles. The van der Waals surface area contributed by atoms with Crippen molar-refractivity contribution in [1.29, 1.82) is 0 Å². The van der Waals surface area contributed by atoms with Gasteiger partial charge in [-0.25, -0.2) is 8.42 Å². The first-order chi connectivity index (χ1) is 16.9. The lowest BCUT2D eigenvalue weighted by atomic mass is 10.1. The van der Waals surface area contributed by atoms with Crippen LogP contribution in [0.4, 0.5) is 5.69 Å². The maximum absolute atomic E-state index is 13.6. The van der Waals surface area contributed by atoms with Crippen LogP contribution in [-0.2, 0) is 26.2 Å². The molecule has 9 nitrogen and oxygen atoms in total. The number of anilines is 1. The second-order valence-corrected chi connectivity index (χ2v) is 11.3. The van der Waals surface area contributed by atoms with E-state index >= 15 is 0 Å². The standard InChI is InChI=1S/C25H34BrN3O6S/c1-7-17(2)27-25(31)18(3)28(15-19-8-10-20(26)11-9-19)24(30)16-29(36(6,32)33)21-12-13-22(34-4)23(14-21)35-5/h8-14,17-18H,7,15-16H2,1-6H3,(H,27,31)/t17-,18+/m1/s1. The number of halogens is 1. The van der Waals surface area contributed by atoms with Crippen LogP contribution in [0.15, 0.2) is 46.9 Å². The van der Waals surface area contributed by atoms with Crippen molar-refractivity contribution in [2.45, 2.75) is 45.8 Å². The van der Waals surface area contributed by atoms with Crippen molar-refractivity contribution in [2.75, 3.05) is 31.3 Å². The van der Waals surface area contributed by atoms with Crippen molar-refractivity contribution in [3.8, 4) is 11.5 Å². The third-order valence-corrected chi connectivity index (χ3v) is 7.44. The van der Waals surface area contributed by atoms with Crippen LogP contribution in [0, 0.1) is 0 Å². The molecule has 0 bridgehead atoms. The van der Waals surface area contributed by atoms with Gasteiger partial charge in [0.25, 0.3) is 0 Å².